The highest BCUT2D eigenvalue weighted by atomic mass is 79.9. The van der Waals surface area contributed by atoms with Gasteiger partial charge >= 0.3 is 0 Å². The Morgan fingerprint density at radius 3 is 2.35 bits per heavy atom. The molecule has 1 heterocycles. The summed E-state index contributed by atoms with van der Waals surface area (Å²) in [5.74, 6) is 0. The van der Waals surface area contributed by atoms with E-state index in [-0.39, 0.29) is 6.04 Å². The van der Waals surface area contributed by atoms with Gasteiger partial charge in [-0.3, -0.25) is 4.90 Å². The largest absolute Gasteiger partial charge is 0.361 e. The van der Waals surface area contributed by atoms with Crippen LogP contribution in [0.2, 0.25) is 5.02 Å². The van der Waals surface area contributed by atoms with Crippen molar-refractivity contribution < 1.29 is 0 Å². The minimum absolute atomic E-state index is 0.0951. The Hall–Kier alpha value is -2.83. The molecule has 0 aromatic heterocycles. The average Bonchev–Trinajstić information content (AvgIpc) is 2.80. The first-order valence-corrected chi connectivity index (χ1v) is 11.2. The van der Waals surface area contributed by atoms with E-state index in [1.165, 1.54) is 11.1 Å². The first-order chi connectivity index (χ1) is 15.1. The molecule has 1 saturated heterocycles. The fourth-order valence-electron chi connectivity index (χ4n) is 4.03. The van der Waals surface area contributed by atoms with Crippen LogP contribution in [0.1, 0.15) is 28.3 Å². The van der Waals surface area contributed by atoms with Gasteiger partial charge in [-0.05, 0) is 53.6 Å². The van der Waals surface area contributed by atoms with Gasteiger partial charge in [0.25, 0.3) is 0 Å². The quantitative estimate of drug-likeness (QED) is 0.455. The molecule has 0 spiro atoms. The van der Waals surface area contributed by atoms with E-state index in [1.807, 2.05) is 54.6 Å². The summed E-state index contributed by atoms with van der Waals surface area (Å²) in [6.45, 7) is 3.32. The van der Waals surface area contributed by atoms with E-state index in [9.17, 15) is 5.26 Å². The van der Waals surface area contributed by atoms with E-state index in [4.69, 9.17) is 16.9 Å². The summed E-state index contributed by atoms with van der Waals surface area (Å²) >= 11 is 9.61. The minimum atomic E-state index is 0.0951. The molecule has 0 aliphatic carbocycles. The first kappa shape index (κ1) is 21.4. The number of nitriles is 2. The topological polar surface area (TPSA) is 54.1 Å². The van der Waals surface area contributed by atoms with Gasteiger partial charge in [-0.2, -0.15) is 10.5 Å². The van der Waals surface area contributed by atoms with Crippen molar-refractivity contribution in [1.29, 1.82) is 10.5 Å². The lowest BCUT2D eigenvalue weighted by molar-refractivity contribution is 0.215. The van der Waals surface area contributed by atoms with Crippen molar-refractivity contribution in [3.8, 4) is 12.1 Å². The van der Waals surface area contributed by atoms with Crippen LogP contribution in [0.4, 0.5) is 5.69 Å². The molecule has 1 atom stereocenters. The lowest BCUT2D eigenvalue weighted by Gasteiger charge is -2.43. The van der Waals surface area contributed by atoms with Crippen LogP contribution < -0.4 is 4.90 Å². The number of benzene rings is 3. The van der Waals surface area contributed by atoms with E-state index in [0.29, 0.717) is 16.1 Å². The second-order valence-corrected chi connectivity index (χ2v) is 8.93. The van der Waals surface area contributed by atoms with Gasteiger partial charge in [0.05, 0.1) is 28.9 Å². The van der Waals surface area contributed by atoms with Crippen LogP contribution >= 0.6 is 27.5 Å². The van der Waals surface area contributed by atoms with Gasteiger partial charge in [-0.25, -0.2) is 0 Å². The van der Waals surface area contributed by atoms with Crippen LogP contribution in [0.5, 0.6) is 0 Å². The van der Waals surface area contributed by atoms with Crippen molar-refractivity contribution in [1.82, 2.24) is 4.90 Å². The van der Waals surface area contributed by atoms with Gasteiger partial charge < -0.3 is 4.90 Å². The molecule has 4 rings (SSSR count). The predicted octanol–water partition coefficient (Wildman–Crippen LogP) is 5.91. The fourth-order valence-corrected chi connectivity index (χ4v) is 4.52. The minimum Gasteiger partial charge on any atom is -0.361 e. The van der Waals surface area contributed by atoms with Gasteiger partial charge in [-0.1, -0.05) is 51.8 Å². The highest BCUT2D eigenvalue weighted by Gasteiger charge is 2.30. The molecule has 3 aromatic rings. The lowest BCUT2D eigenvalue weighted by Crippen LogP contribution is -2.48. The zero-order chi connectivity index (χ0) is 21.8. The molecular weight excluding hydrogens is 472 g/mol. The number of hydrogen-bond acceptors (Lipinski definition) is 4. The van der Waals surface area contributed by atoms with E-state index in [0.717, 1.165) is 36.3 Å². The van der Waals surface area contributed by atoms with Crippen LogP contribution in [-0.2, 0) is 6.54 Å². The summed E-state index contributed by atoms with van der Waals surface area (Å²) in [5, 5.41) is 19.4. The molecule has 1 aliphatic heterocycles. The predicted molar refractivity (Wildman–Crippen MR) is 127 cm³/mol. The van der Waals surface area contributed by atoms with Gasteiger partial charge in [0.15, 0.2) is 0 Å². The second kappa shape index (κ2) is 9.54. The van der Waals surface area contributed by atoms with E-state index < -0.39 is 0 Å². The highest BCUT2D eigenvalue weighted by Crippen LogP contribution is 2.34. The standard InChI is InChI=1S/C25H20BrClN4/c26-22-7-10-24(21(13-22)15-29)31-12-11-30(16-19-3-1-18(14-28)2-4-19)17-25(31)20-5-8-23(27)9-6-20/h1-10,13,25H,11-12,16-17H2. The Kier molecular flexibility index (Phi) is 6.59. The van der Waals surface area contributed by atoms with E-state index >= 15 is 0 Å². The zero-order valence-corrected chi connectivity index (χ0v) is 19.1. The van der Waals surface area contributed by atoms with Crippen LogP contribution in [0.25, 0.3) is 0 Å². The summed E-state index contributed by atoms with van der Waals surface area (Å²) in [6.07, 6.45) is 0. The molecule has 1 aliphatic rings. The van der Waals surface area contributed by atoms with Crippen LogP contribution in [-0.4, -0.2) is 24.5 Å². The Bertz CT molecular complexity index is 1150. The second-order valence-electron chi connectivity index (χ2n) is 7.58. The molecule has 0 amide bonds. The number of anilines is 1. The SMILES string of the molecule is N#Cc1ccc(CN2CCN(c3ccc(Br)cc3C#N)C(c3ccc(Cl)cc3)C2)cc1. The van der Waals surface area contributed by atoms with E-state index in [1.54, 1.807) is 0 Å². The van der Waals surface area contributed by atoms with Crippen molar-refractivity contribution in [3.05, 3.63) is 98.5 Å². The smallest absolute Gasteiger partial charge is 0.101 e. The third-order valence-corrected chi connectivity index (χ3v) is 6.34. The number of hydrogen-bond donors (Lipinski definition) is 0. The average molecular weight is 492 g/mol. The maximum absolute atomic E-state index is 9.71. The first-order valence-electron chi connectivity index (χ1n) is 10.0. The van der Waals surface area contributed by atoms with Crippen LogP contribution in [0, 0.1) is 22.7 Å². The Balaban J connectivity index is 1.63. The molecule has 0 N–H and O–H groups in total. The molecule has 4 nitrogen and oxygen atoms in total. The maximum Gasteiger partial charge on any atom is 0.101 e. The highest BCUT2D eigenvalue weighted by molar-refractivity contribution is 9.10. The lowest BCUT2D eigenvalue weighted by atomic mass is 9.99. The molecule has 0 saturated carbocycles. The fraction of sp³-hybridized carbons (Fsp3) is 0.200. The normalized spacial score (nSPS) is 16.5. The Morgan fingerprint density at radius 1 is 0.935 bits per heavy atom. The number of halogens is 2. The molecule has 6 heteroatoms. The third-order valence-electron chi connectivity index (χ3n) is 5.60. The van der Waals surface area contributed by atoms with Crippen LogP contribution in [0.3, 0.4) is 0 Å². The third kappa shape index (κ3) is 4.92. The molecule has 1 unspecified atom stereocenters. The van der Waals surface area contributed by atoms with Crippen molar-refractivity contribution in [2.45, 2.75) is 12.6 Å². The molecule has 31 heavy (non-hydrogen) atoms. The molecule has 1 fully saturated rings. The maximum atomic E-state index is 9.71. The number of rotatable bonds is 4. The van der Waals surface area contributed by atoms with Gasteiger partial charge in [0, 0.05) is 35.7 Å². The zero-order valence-electron chi connectivity index (χ0n) is 16.8. The van der Waals surface area contributed by atoms with Crippen molar-refractivity contribution >= 4 is 33.2 Å². The van der Waals surface area contributed by atoms with Gasteiger partial charge in [-0.15, -0.1) is 0 Å². The van der Waals surface area contributed by atoms with Gasteiger partial charge in [0.1, 0.15) is 6.07 Å². The Labute approximate surface area is 196 Å². The Morgan fingerprint density at radius 2 is 1.68 bits per heavy atom. The molecule has 0 bridgehead atoms. The monoisotopic (exact) mass is 490 g/mol. The molecule has 0 radical (unpaired) electrons. The summed E-state index contributed by atoms with van der Waals surface area (Å²) in [4.78, 5) is 4.74. The summed E-state index contributed by atoms with van der Waals surface area (Å²) in [5.41, 5.74) is 4.63. The summed E-state index contributed by atoms with van der Waals surface area (Å²) in [7, 11) is 0. The number of nitrogens with zero attached hydrogens (tertiary/aromatic N) is 4. The molecule has 3 aromatic carbocycles. The molecular formula is C25H20BrClN4. The van der Waals surface area contributed by atoms with Crippen LogP contribution in [0.15, 0.2) is 71.2 Å². The van der Waals surface area contributed by atoms with E-state index in [2.05, 4.69) is 50.0 Å². The summed E-state index contributed by atoms with van der Waals surface area (Å²) < 4.78 is 0.898. The van der Waals surface area contributed by atoms with Crippen molar-refractivity contribution in [3.63, 3.8) is 0 Å². The van der Waals surface area contributed by atoms with Crippen molar-refractivity contribution in [2.24, 2.45) is 0 Å². The van der Waals surface area contributed by atoms with Gasteiger partial charge in [0.2, 0.25) is 0 Å². The molecule has 154 valence electrons. The van der Waals surface area contributed by atoms with Crippen molar-refractivity contribution in [2.75, 3.05) is 24.5 Å². The summed E-state index contributed by atoms with van der Waals surface area (Å²) in [6, 6.07) is 26.2. The number of piperazine rings is 1.